The van der Waals surface area contributed by atoms with Gasteiger partial charge < -0.3 is 14.8 Å². The first-order valence-electron chi connectivity index (χ1n) is 5.74. The minimum Gasteiger partial charge on any atom is -0.474 e. The van der Waals surface area contributed by atoms with Crippen molar-refractivity contribution < 1.29 is 17.9 Å². The molecule has 2 aliphatic rings. The lowest BCUT2D eigenvalue weighted by molar-refractivity contribution is 0.0277. The van der Waals surface area contributed by atoms with Crippen molar-refractivity contribution in [3.8, 4) is 5.75 Å². The van der Waals surface area contributed by atoms with Crippen LogP contribution < -0.4 is 14.8 Å². The molecule has 0 spiro atoms. The Morgan fingerprint density at radius 2 is 2.22 bits per heavy atom. The van der Waals surface area contributed by atoms with Crippen LogP contribution >= 0.6 is 0 Å². The molecule has 1 aromatic rings. The second kappa shape index (κ2) is 4.42. The van der Waals surface area contributed by atoms with Crippen LogP contribution in [0.2, 0.25) is 0 Å². The maximum Gasteiger partial charge on any atom is 0.268 e. The minimum absolute atomic E-state index is 0.0459. The molecule has 2 heterocycles. The van der Waals surface area contributed by atoms with Crippen LogP contribution in [0.25, 0.3) is 0 Å². The van der Waals surface area contributed by atoms with Crippen LogP contribution in [0.1, 0.15) is 11.7 Å². The van der Waals surface area contributed by atoms with Gasteiger partial charge in [-0.1, -0.05) is 6.07 Å². The number of fused-ring (bicyclic) bond motifs is 1. The van der Waals surface area contributed by atoms with Crippen molar-refractivity contribution in [2.75, 3.05) is 30.4 Å². The molecule has 18 heavy (non-hydrogen) atoms. The van der Waals surface area contributed by atoms with Gasteiger partial charge in [0.25, 0.3) is 10.0 Å². The Kier molecular flexibility index (Phi) is 2.89. The van der Waals surface area contributed by atoms with Gasteiger partial charge in [0.15, 0.2) is 0 Å². The molecule has 0 radical (unpaired) electrons. The lowest BCUT2D eigenvalue weighted by Gasteiger charge is -2.26. The lowest BCUT2D eigenvalue weighted by Crippen LogP contribution is -2.33. The van der Waals surface area contributed by atoms with Crippen molar-refractivity contribution in [3.05, 3.63) is 23.8 Å². The van der Waals surface area contributed by atoms with E-state index in [-0.39, 0.29) is 12.0 Å². The summed E-state index contributed by atoms with van der Waals surface area (Å²) in [7, 11) is -3.37. The van der Waals surface area contributed by atoms with Crippen LogP contribution in [0.5, 0.6) is 5.75 Å². The van der Waals surface area contributed by atoms with Crippen molar-refractivity contribution in [1.29, 1.82) is 0 Å². The van der Waals surface area contributed by atoms with Gasteiger partial charge in [-0.15, -0.1) is 0 Å². The van der Waals surface area contributed by atoms with E-state index in [1.165, 1.54) is 0 Å². The first-order chi connectivity index (χ1) is 8.64. The summed E-state index contributed by atoms with van der Waals surface area (Å²) < 4.78 is 36.1. The molecule has 1 fully saturated rings. The molecule has 0 bridgehead atoms. The summed E-state index contributed by atoms with van der Waals surface area (Å²) in [6, 6.07) is 5.43. The standard InChI is InChI=1S/C11H14N2O4S/c14-18(15)7-17-10-2-1-8(5-9(10)13-18)11-6-12-3-4-16-11/h1-2,5,11-13H,3-4,6-7H2. The molecule has 7 heteroatoms. The van der Waals surface area contributed by atoms with E-state index < -0.39 is 10.0 Å². The molecule has 2 aliphatic heterocycles. The van der Waals surface area contributed by atoms with Gasteiger partial charge in [0.2, 0.25) is 5.94 Å². The topological polar surface area (TPSA) is 76.7 Å². The van der Waals surface area contributed by atoms with Crippen LogP contribution in [0.15, 0.2) is 18.2 Å². The van der Waals surface area contributed by atoms with E-state index in [2.05, 4.69) is 10.0 Å². The summed E-state index contributed by atoms with van der Waals surface area (Å²) >= 11 is 0. The first kappa shape index (κ1) is 11.8. The van der Waals surface area contributed by atoms with Crippen molar-refractivity contribution in [2.45, 2.75) is 6.10 Å². The molecular formula is C11H14N2O4S. The summed E-state index contributed by atoms with van der Waals surface area (Å²) in [5.74, 6) is 0.221. The fourth-order valence-electron chi connectivity index (χ4n) is 2.07. The van der Waals surface area contributed by atoms with Crippen LogP contribution in [-0.2, 0) is 14.8 Å². The van der Waals surface area contributed by atoms with Crippen LogP contribution in [0.4, 0.5) is 5.69 Å². The third-order valence-electron chi connectivity index (χ3n) is 2.94. The fraction of sp³-hybridized carbons (Fsp3) is 0.455. The average Bonchev–Trinajstić information content (AvgIpc) is 2.38. The number of rotatable bonds is 1. The van der Waals surface area contributed by atoms with Gasteiger partial charge in [0.1, 0.15) is 5.75 Å². The van der Waals surface area contributed by atoms with E-state index in [1.54, 1.807) is 12.1 Å². The van der Waals surface area contributed by atoms with E-state index in [9.17, 15) is 8.42 Å². The Balaban J connectivity index is 1.90. The normalized spacial score (nSPS) is 25.7. The Labute approximate surface area is 105 Å². The van der Waals surface area contributed by atoms with Gasteiger partial charge >= 0.3 is 0 Å². The summed E-state index contributed by atoms with van der Waals surface area (Å²) in [6.07, 6.45) is -0.0459. The van der Waals surface area contributed by atoms with Gasteiger partial charge in [-0.3, -0.25) is 4.72 Å². The molecule has 0 amide bonds. The van der Waals surface area contributed by atoms with E-state index in [4.69, 9.17) is 9.47 Å². The first-order valence-corrected chi connectivity index (χ1v) is 7.39. The maximum absolute atomic E-state index is 11.4. The van der Waals surface area contributed by atoms with Gasteiger partial charge in [-0.25, -0.2) is 8.42 Å². The number of morpholine rings is 1. The largest absolute Gasteiger partial charge is 0.474 e. The summed E-state index contributed by atoms with van der Waals surface area (Å²) in [6.45, 7) is 2.23. The predicted octanol–water partition coefficient (Wildman–Crippen LogP) is 0.439. The molecule has 1 saturated heterocycles. The van der Waals surface area contributed by atoms with Crippen LogP contribution in [-0.4, -0.2) is 34.1 Å². The Bertz CT molecular complexity index is 552. The lowest BCUT2D eigenvalue weighted by atomic mass is 10.1. The van der Waals surface area contributed by atoms with Crippen molar-refractivity contribution in [2.24, 2.45) is 0 Å². The summed E-state index contributed by atoms with van der Waals surface area (Å²) in [4.78, 5) is 0. The third-order valence-corrected chi connectivity index (χ3v) is 3.90. The second-order valence-corrected chi connectivity index (χ2v) is 5.97. The van der Waals surface area contributed by atoms with Crippen molar-refractivity contribution >= 4 is 15.7 Å². The van der Waals surface area contributed by atoms with Crippen molar-refractivity contribution in [1.82, 2.24) is 5.32 Å². The number of hydrogen-bond acceptors (Lipinski definition) is 5. The monoisotopic (exact) mass is 270 g/mol. The maximum atomic E-state index is 11.4. The fourth-order valence-corrected chi connectivity index (χ4v) is 2.91. The number of ether oxygens (including phenoxy) is 2. The van der Waals surface area contributed by atoms with E-state index in [0.29, 0.717) is 18.0 Å². The third kappa shape index (κ3) is 2.29. The summed E-state index contributed by atoms with van der Waals surface area (Å²) in [5, 5.41) is 3.23. The highest BCUT2D eigenvalue weighted by Crippen LogP contribution is 2.33. The van der Waals surface area contributed by atoms with Crippen LogP contribution in [0, 0.1) is 0 Å². The zero-order chi connectivity index (χ0) is 12.6. The molecule has 0 aromatic heterocycles. The Hall–Kier alpha value is -1.31. The van der Waals surface area contributed by atoms with Gasteiger partial charge in [0.05, 0.1) is 18.4 Å². The molecule has 98 valence electrons. The molecule has 1 aromatic carbocycles. The van der Waals surface area contributed by atoms with Gasteiger partial charge in [-0.05, 0) is 17.7 Å². The highest BCUT2D eigenvalue weighted by atomic mass is 32.2. The molecule has 0 saturated carbocycles. The van der Waals surface area contributed by atoms with Crippen LogP contribution in [0.3, 0.4) is 0 Å². The SMILES string of the molecule is O=S1(=O)COc2ccc(C3CNCCO3)cc2N1. The number of sulfonamides is 1. The highest BCUT2D eigenvalue weighted by molar-refractivity contribution is 7.92. The van der Waals surface area contributed by atoms with Gasteiger partial charge in [0, 0.05) is 13.1 Å². The smallest absolute Gasteiger partial charge is 0.268 e. The average molecular weight is 270 g/mol. The molecular weight excluding hydrogens is 256 g/mol. The Morgan fingerprint density at radius 1 is 1.33 bits per heavy atom. The number of anilines is 1. The molecule has 0 aliphatic carbocycles. The highest BCUT2D eigenvalue weighted by Gasteiger charge is 2.23. The van der Waals surface area contributed by atoms with E-state index in [0.717, 1.165) is 18.7 Å². The number of benzene rings is 1. The molecule has 1 unspecified atom stereocenters. The molecule has 3 rings (SSSR count). The molecule has 6 nitrogen and oxygen atoms in total. The second-order valence-electron chi connectivity index (χ2n) is 4.30. The van der Waals surface area contributed by atoms with E-state index in [1.807, 2.05) is 6.07 Å². The quantitative estimate of drug-likeness (QED) is 0.774. The minimum atomic E-state index is -3.37. The number of nitrogens with one attached hydrogen (secondary N) is 2. The zero-order valence-corrected chi connectivity index (χ0v) is 10.5. The zero-order valence-electron chi connectivity index (χ0n) is 9.68. The predicted molar refractivity (Wildman–Crippen MR) is 66.0 cm³/mol. The number of hydrogen-bond donors (Lipinski definition) is 2. The molecule has 2 N–H and O–H groups in total. The summed E-state index contributed by atoms with van der Waals surface area (Å²) in [5.41, 5.74) is 1.42. The van der Waals surface area contributed by atoms with Crippen molar-refractivity contribution in [3.63, 3.8) is 0 Å². The Morgan fingerprint density at radius 3 is 3.00 bits per heavy atom. The van der Waals surface area contributed by atoms with Gasteiger partial charge in [-0.2, -0.15) is 0 Å². The molecule has 1 atom stereocenters. The van der Waals surface area contributed by atoms with E-state index >= 15 is 0 Å².